The molecule has 106 valence electrons. The summed E-state index contributed by atoms with van der Waals surface area (Å²) in [6, 6.07) is 3.12. The summed E-state index contributed by atoms with van der Waals surface area (Å²) in [5.41, 5.74) is -1.21. The van der Waals surface area contributed by atoms with Crippen LogP contribution in [0.25, 0.3) is 0 Å². The molecule has 1 rings (SSSR count). The van der Waals surface area contributed by atoms with Gasteiger partial charge in [-0.3, -0.25) is 9.59 Å². The Kier molecular flexibility index (Phi) is 5.62. The summed E-state index contributed by atoms with van der Waals surface area (Å²) in [5, 5.41) is 12.7. The number of carbonyl (C=O) groups is 1. The second kappa shape index (κ2) is 6.77. The third-order valence-corrected chi connectivity index (χ3v) is 3.45. The Morgan fingerprint density at radius 3 is 2.89 bits per heavy atom. The zero-order valence-corrected chi connectivity index (χ0v) is 12.3. The van der Waals surface area contributed by atoms with Crippen LogP contribution in [0.4, 0.5) is 0 Å². The van der Waals surface area contributed by atoms with Crippen molar-refractivity contribution in [3.63, 3.8) is 0 Å². The van der Waals surface area contributed by atoms with E-state index in [1.807, 2.05) is 6.26 Å². The Labute approximate surface area is 117 Å². The van der Waals surface area contributed by atoms with Gasteiger partial charge in [-0.1, -0.05) is 0 Å². The average Bonchev–Trinajstić information content (AvgIpc) is 2.37. The van der Waals surface area contributed by atoms with E-state index in [4.69, 9.17) is 0 Å². The maximum atomic E-state index is 11.9. The van der Waals surface area contributed by atoms with Crippen LogP contribution < -0.4 is 10.9 Å². The van der Waals surface area contributed by atoms with Crippen LogP contribution in [0.5, 0.6) is 0 Å². The van der Waals surface area contributed by atoms with E-state index in [1.165, 1.54) is 10.6 Å². The molecule has 0 aliphatic carbocycles. The lowest BCUT2D eigenvalue weighted by Crippen LogP contribution is -2.42. The highest BCUT2D eigenvalue weighted by molar-refractivity contribution is 7.98. The van der Waals surface area contributed by atoms with Crippen molar-refractivity contribution >= 4 is 17.7 Å². The number of hydrogen-bond donors (Lipinski definition) is 2. The Morgan fingerprint density at radius 2 is 2.26 bits per heavy atom. The molecule has 0 fully saturated rings. The molecule has 1 amide bonds. The molecule has 1 aromatic rings. The first-order chi connectivity index (χ1) is 8.87. The molecule has 1 atom stereocenters. The maximum Gasteiger partial charge on any atom is 0.263 e. The summed E-state index contributed by atoms with van der Waals surface area (Å²) in [4.78, 5) is 23.6. The first-order valence-electron chi connectivity index (χ1n) is 6.02. The summed E-state index contributed by atoms with van der Waals surface area (Å²) in [6.45, 7) is 1.80. The Morgan fingerprint density at radius 1 is 1.58 bits per heavy atom. The van der Waals surface area contributed by atoms with E-state index in [-0.39, 0.29) is 17.7 Å². The Hall–Kier alpha value is -1.27. The summed E-state index contributed by atoms with van der Waals surface area (Å²) in [6.07, 6.45) is 4.14. The smallest absolute Gasteiger partial charge is 0.263 e. The molecule has 0 saturated heterocycles. The molecule has 5 nitrogen and oxygen atoms in total. The van der Waals surface area contributed by atoms with Gasteiger partial charge in [-0.2, -0.15) is 11.8 Å². The minimum atomic E-state index is -0.960. The third-order valence-electron chi connectivity index (χ3n) is 2.84. The quantitative estimate of drug-likeness (QED) is 0.803. The van der Waals surface area contributed by atoms with Gasteiger partial charge in [0.05, 0.1) is 5.60 Å². The summed E-state index contributed by atoms with van der Waals surface area (Å²) < 4.78 is 1.35. The first kappa shape index (κ1) is 15.8. The van der Waals surface area contributed by atoms with E-state index < -0.39 is 11.5 Å². The molecule has 0 radical (unpaired) electrons. The Bertz CT molecular complexity index is 497. The van der Waals surface area contributed by atoms with Crippen LogP contribution in [0.1, 0.15) is 23.7 Å². The highest BCUT2D eigenvalue weighted by Crippen LogP contribution is 2.11. The van der Waals surface area contributed by atoms with Gasteiger partial charge >= 0.3 is 0 Å². The fourth-order valence-electron chi connectivity index (χ4n) is 1.55. The van der Waals surface area contributed by atoms with Gasteiger partial charge in [0, 0.05) is 19.8 Å². The molecule has 19 heavy (non-hydrogen) atoms. The van der Waals surface area contributed by atoms with Crippen molar-refractivity contribution < 1.29 is 9.90 Å². The highest BCUT2D eigenvalue weighted by atomic mass is 32.2. The van der Waals surface area contributed by atoms with Crippen LogP contribution in [-0.4, -0.2) is 39.7 Å². The van der Waals surface area contributed by atoms with Crippen LogP contribution in [-0.2, 0) is 7.05 Å². The molecule has 0 spiro atoms. The van der Waals surface area contributed by atoms with Gasteiger partial charge in [0.25, 0.3) is 11.5 Å². The molecular weight excluding hydrogens is 264 g/mol. The molecule has 1 heterocycles. The lowest BCUT2D eigenvalue weighted by atomic mass is 10.0. The number of aryl methyl sites for hydroxylation is 1. The van der Waals surface area contributed by atoms with E-state index in [0.717, 1.165) is 5.75 Å². The molecule has 0 aliphatic heterocycles. The normalized spacial score (nSPS) is 13.9. The fourth-order valence-corrected chi connectivity index (χ4v) is 2.19. The van der Waals surface area contributed by atoms with Crippen LogP contribution in [0.3, 0.4) is 0 Å². The number of thioether (sulfide) groups is 1. The van der Waals surface area contributed by atoms with Gasteiger partial charge in [-0.05, 0) is 37.5 Å². The number of aliphatic hydroxyl groups is 1. The van der Waals surface area contributed by atoms with E-state index in [1.54, 1.807) is 38.0 Å². The van der Waals surface area contributed by atoms with Gasteiger partial charge in [0.15, 0.2) is 0 Å². The number of rotatable bonds is 6. The van der Waals surface area contributed by atoms with Crippen LogP contribution in [0, 0.1) is 0 Å². The minimum absolute atomic E-state index is 0.0886. The van der Waals surface area contributed by atoms with E-state index in [2.05, 4.69) is 5.32 Å². The molecular formula is C13H20N2O3S. The van der Waals surface area contributed by atoms with Gasteiger partial charge in [-0.25, -0.2) is 0 Å². The first-order valence-corrected chi connectivity index (χ1v) is 7.42. The zero-order chi connectivity index (χ0) is 14.5. The van der Waals surface area contributed by atoms with Crippen molar-refractivity contribution in [2.75, 3.05) is 18.6 Å². The van der Waals surface area contributed by atoms with Gasteiger partial charge in [-0.15, -0.1) is 0 Å². The second-order valence-electron chi connectivity index (χ2n) is 4.76. The summed E-state index contributed by atoms with van der Waals surface area (Å²) in [7, 11) is 1.59. The van der Waals surface area contributed by atoms with Crippen LogP contribution in [0.2, 0.25) is 0 Å². The number of nitrogens with one attached hydrogen (secondary N) is 1. The largest absolute Gasteiger partial charge is 0.388 e. The molecule has 2 N–H and O–H groups in total. The molecule has 1 unspecified atom stereocenters. The summed E-state index contributed by atoms with van der Waals surface area (Å²) in [5.74, 6) is 0.362. The van der Waals surface area contributed by atoms with E-state index >= 15 is 0 Å². The predicted octanol–water partition coefficient (Wildman–Crippen LogP) is 0.619. The number of aromatic nitrogens is 1. The number of pyridine rings is 1. The fraction of sp³-hybridized carbons (Fsp3) is 0.538. The topological polar surface area (TPSA) is 71.3 Å². The SMILES string of the molecule is CSCCC(C)(O)CNC(=O)c1cccn(C)c1=O. The van der Waals surface area contributed by atoms with Crippen molar-refractivity contribution in [3.8, 4) is 0 Å². The van der Waals surface area contributed by atoms with E-state index in [0.29, 0.717) is 6.42 Å². The molecule has 0 bridgehead atoms. The van der Waals surface area contributed by atoms with Crippen molar-refractivity contribution in [3.05, 3.63) is 34.2 Å². The standard InChI is InChI=1S/C13H20N2O3S/c1-13(18,6-8-19-3)9-14-11(16)10-5-4-7-15(2)12(10)17/h4-5,7,18H,6,8-9H2,1-3H3,(H,14,16). The molecule has 0 saturated carbocycles. The lowest BCUT2D eigenvalue weighted by Gasteiger charge is -2.23. The van der Waals surface area contributed by atoms with Gasteiger partial charge < -0.3 is 15.0 Å². The number of amides is 1. The van der Waals surface area contributed by atoms with Crippen LogP contribution >= 0.6 is 11.8 Å². The average molecular weight is 284 g/mol. The minimum Gasteiger partial charge on any atom is -0.388 e. The predicted molar refractivity (Wildman–Crippen MR) is 77.6 cm³/mol. The lowest BCUT2D eigenvalue weighted by molar-refractivity contribution is 0.0528. The monoisotopic (exact) mass is 284 g/mol. The molecule has 0 aliphatic rings. The van der Waals surface area contributed by atoms with Gasteiger partial charge in [0.1, 0.15) is 5.56 Å². The van der Waals surface area contributed by atoms with Crippen molar-refractivity contribution in [1.82, 2.24) is 9.88 Å². The number of hydrogen-bond acceptors (Lipinski definition) is 4. The number of nitrogens with zero attached hydrogens (tertiary/aromatic N) is 1. The third kappa shape index (κ3) is 4.72. The number of carbonyl (C=O) groups excluding carboxylic acids is 1. The second-order valence-corrected chi connectivity index (χ2v) is 5.75. The Balaban J connectivity index is 2.66. The molecule has 6 heteroatoms. The highest BCUT2D eigenvalue weighted by Gasteiger charge is 2.21. The summed E-state index contributed by atoms with van der Waals surface area (Å²) >= 11 is 1.64. The van der Waals surface area contributed by atoms with Gasteiger partial charge in [0.2, 0.25) is 0 Å². The van der Waals surface area contributed by atoms with Crippen LogP contribution in [0.15, 0.2) is 23.1 Å². The van der Waals surface area contributed by atoms with Crippen molar-refractivity contribution in [2.24, 2.45) is 7.05 Å². The van der Waals surface area contributed by atoms with E-state index in [9.17, 15) is 14.7 Å². The molecule has 1 aromatic heterocycles. The zero-order valence-electron chi connectivity index (χ0n) is 11.5. The van der Waals surface area contributed by atoms with Crippen molar-refractivity contribution in [2.45, 2.75) is 18.9 Å². The maximum absolute atomic E-state index is 11.9. The van der Waals surface area contributed by atoms with Crippen molar-refractivity contribution in [1.29, 1.82) is 0 Å². The molecule has 0 aromatic carbocycles.